The Morgan fingerprint density at radius 2 is 1.95 bits per heavy atom. The minimum atomic E-state index is -0.183. The molecule has 1 atom stereocenters. The number of piperazine rings is 1. The Hall–Kier alpha value is -0.450. The maximum absolute atomic E-state index is 13.1. The summed E-state index contributed by atoms with van der Waals surface area (Å²) >= 11 is 3.44. The highest BCUT2D eigenvalue weighted by Crippen LogP contribution is 2.20. The highest BCUT2D eigenvalue weighted by molar-refractivity contribution is 9.10. The lowest BCUT2D eigenvalue weighted by atomic mass is 10.1. The Balaban J connectivity index is 1.88. The Labute approximate surface area is 123 Å². The summed E-state index contributed by atoms with van der Waals surface area (Å²) in [5.74, 6) is -0.183. The van der Waals surface area contributed by atoms with Gasteiger partial charge in [-0.3, -0.25) is 9.80 Å². The van der Waals surface area contributed by atoms with Crippen LogP contribution in [0.2, 0.25) is 0 Å². The number of benzene rings is 1. The zero-order valence-corrected chi connectivity index (χ0v) is 13.3. The minimum Gasteiger partial charge on any atom is -0.298 e. The number of nitrogens with zero attached hydrogens (tertiary/aromatic N) is 2. The maximum atomic E-state index is 13.1. The van der Waals surface area contributed by atoms with Crippen LogP contribution in [-0.4, -0.2) is 42.0 Å². The topological polar surface area (TPSA) is 6.48 Å². The molecular formula is C15H22BrFN2. The van der Waals surface area contributed by atoms with E-state index in [0.29, 0.717) is 6.04 Å². The van der Waals surface area contributed by atoms with Gasteiger partial charge in [-0.1, -0.05) is 28.9 Å². The van der Waals surface area contributed by atoms with E-state index in [9.17, 15) is 4.39 Å². The van der Waals surface area contributed by atoms with Crippen LogP contribution in [0.15, 0.2) is 22.7 Å². The molecule has 1 aliphatic heterocycles. The second kappa shape index (κ2) is 6.82. The summed E-state index contributed by atoms with van der Waals surface area (Å²) in [4.78, 5) is 4.99. The third-order valence-electron chi connectivity index (χ3n) is 4.03. The molecule has 2 nitrogen and oxygen atoms in total. The second-order valence-corrected chi connectivity index (χ2v) is 6.16. The van der Waals surface area contributed by atoms with Crippen LogP contribution in [0.4, 0.5) is 4.39 Å². The van der Waals surface area contributed by atoms with Gasteiger partial charge in [-0.05, 0) is 31.0 Å². The molecule has 1 aromatic carbocycles. The van der Waals surface area contributed by atoms with E-state index in [4.69, 9.17) is 0 Å². The summed E-state index contributed by atoms with van der Waals surface area (Å²) in [6.45, 7) is 9.89. The molecule has 4 heteroatoms. The van der Waals surface area contributed by atoms with Gasteiger partial charge in [0.05, 0.1) is 0 Å². The SMILES string of the molecule is CCC(C)N1CCN(Cc2ccc(F)cc2Br)CC1. The zero-order chi connectivity index (χ0) is 13.8. The zero-order valence-electron chi connectivity index (χ0n) is 11.7. The third-order valence-corrected chi connectivity index (χ3v) is 4.77. The molecule has 0 spiro atoms. The van der Waals surface area contributed by atoms with Crippen LogP contribution in [0.5, 0.6) is 0 Å². The first-order chi connectivity index (χ1) is 9.10. The van der Waals surface area contributed by atoms with E-state index in [1.807, 2.05) is 6.07 Å². The van der Waals surface area contributed by atoms with E-state index in [1.165, 1.54) is 18.1 Å². The fraction of sp³-hybridized carbons (Fsp3) is 0.600. The minimum absolute atomic E-state index is 0.183. The first-order valence-electron chi connectivity index (χ1n) is 7.00. The number of hydrogen-bond donors (Lipinski definition) is 0. The van der Waals surface area contributed by atoms with E-state index < -0.39 is 0 Å². The van der Waals surface area contributed by atoms with Crippen molar-refractivity contribution in [2.75, 3.05) is 26.2 Å². The van der Waals surface area contributed by atoms with Gasteiger partial charge in [0.1, 0.15) is 5.82 Å². The summed E-state index contributed by atoms with van der Waals surface area (Å²) in [7, 11) is 0. The van der Waals surface area contributed by atoms with Crippen molar-refractivity contribution in [3.8, 4) is 0 Å². The van der Waals surface area contributed by atoms with Gasteiger partial charge in [-0.15, -0.1) is 0 Å². The van der Waals surface area contributed by atoms with Crippen molar-refractivity contribution in [1.29, 1.82) is 0 Å². The van der Waals surface area contributed by atoms with Crippen molar-refractivity contribution in [2.45, 2.75) is 32.9 Å². The summed E-state index contributed by atoms with van der Waals surface area (Å²) in [6, 6.07) is 5.64. The Morgan fingerprint density at radius 1 is 1.26 bits per heavy atom. The van der Waals surface area contributed by atoms with Gasteiger partial charge in [0.25, 0.3) is 0 Å². The van der Waals surface area contributed by atoms with E-state index >= 15 is 0 Å². The van der Waals surface area contributed by atoms with Crippen LogP contribution < -0.4 is 0 Å². The third kappa shape index (κ3) is 4.01. The van der Waals surface area contributed by atoms with Gasteiger partial charge < -0.3 is 0 Å². The summed E-state index contributed by atoms with van der Waals surface area (Å²) in [6.07, 6.45) is 1.21. The Kier molecular flexibility index (Phi) is 5.37. The monoisotopic (exact) mass is 328 g/mol. The van der Waals surface area contributed by atoms with Gasteiger partial charge in [0.2, 0.25) is 0 Å². The Morgan fingerprint density at radius 3 is 2.53 bits per heavy atom. The van der Waals surface area contributed by atoms with E-state index in [1.54, 1.807) is 6.07 Å². The van der Waals surface area contributed by atoms with Crippen LogP contribution in [0.1, 0.15) is 25.8 Å². The molecule has 1 aliphatic rings. The molecule has 106 valence electrons. The lowest BCUT2D eigenvalue weighted by Gasteiger charge is -2.38. The van der Waals surface area contributed by atoms with Crippen molar-refractivity contribution in [1.82, 2.24) is 9.80 Å². The largest absolute Gasteiger partial charge is 0.298 e. The predicted octanol–water partition coefficient (Wildman–Crippen LogP) is 3.50. The fourth-order valence-corrected chi connectivity index (χ4v) is 2.99. The molecule has 1 heterocycles. The van der Waals surface area contributed by atoms with Crippen molar-refractivity contribution in [3.63, 3.8) is 0 Å². The molecule has 0 amide bonds. The molecule has 1 unspecified atom stereocenters. The van der Waals surface area contributed by atoms with E-state index in [0.717, 1.165) is 37.2 Å². The molecule has 1 saturated heterocycles. The van der Waals surface area contributed by atoms with Crippen molar-refractivity contribution in [2.24, 2.45) is 0 Å². The number of hydrogen-bond acceptors (Lipinski definition) is 2. The number of rotatable bonds is 4. The first kappa shape index (κ1) is 14.9. The molecule has 0 aromatic heterocycles. The van der Waals surface area contributed by atoms with E-state index in [2.05, 4.69) is 39.6 Å². The molecule has 1 fully saturated rings. The lowest BCUT2D eigenvalue weighted by Crippen LogP contribution is -2.49. The summed E-state index contributed by atoms with van der Waals surface area (Å²) in [5.41, 5.74) is 1.17. The summed E-state index contributed by atoms with van der Waals surface area (Å²) in [5, 5.41) is 0. The van der Waals surface area contributed by atoms with Crippen LogP contribution in [-0.2, 0) is 6.54 Å². The van der Waals surface area contributed by atoms with Gasteiger partial charge in [0, 0.05) is 43.2 Å². The smallest absolute Gasteiger partial charge is 0.124 e. The van der Waals surface area contributed by atoms with Crippen LogP contribution in [0.3, 0.4) is 0 Å². The predicted molar refractivity (Wildman–Crippen MR) is 80.7 cm³/mol. The molecular weight excluding hydrogens is 307 g/mol. The van der Waals surface area contributed by atoms with Crippen molar-refractivity contribution in [3.05, 3.63) is 34.1 Å². The van der Waals surface area contributed by atoms with Crippen molar-refractivity contribution >= 4 is 15.9 Å². The highest BCUT2D eigenvalue weighted by Gasteiger charge is 2.20. The number of halogens is 2. The molecule has 0 radical (unpaired) electrons. The van der Waals surface area contributed by atoms with Crippen LogP contribution in [0.25, 0.3) is 0 Å². The summed E-state index contributed by atoms with van der Waals surface area (Å²) < 4.78 is 13.9. The Bertz CT molecular complexity index is 417. The first-order valence-corrected chi connectivity index (χ1v) is 7.79. The quantitative estimate of drug-likeness (QED) is 0.834. The lowest BCUT2D eigenvalue weighted by molar-refractivity contribution is 0.0962. The second-order valence-electron chi connectivity index (χ2n) is 5.31. The maximum Gasteiger partial charge on any atom is 0.124 e. The average Bonchev–Trinajstić information content (AvgIpc) is 2.42. The van der Waals surface area contributed by atoms with Gasteiger partial charge >= 0.3 is 0 Å². The molecule has 0 bridgehead atoms. The normalized spacial score (nSPS) is 19.6. The van der Waals surface area contributed by atoms with Gasteiger partial charge in [-0.2, -0.15) is 0 Å². The van der Waals surface area contributed by atoms with E-state index in [-0.39, 0.29) is 5.82 Å². The molecule has 0 N–H and O–H groups in total. The molecule has 19 heavy (non-hydrogen) atoms. The average molecular weight is 329 g/mol. The molecule has 0 saturated carbocycles. The fourth-order valence-electron chi connectivity index (χ4n) is 2.51. The molecule has 0 aliphatic carbocycles. The van der Waals surface area contributed by atoms with Gasteiger partial charge in [0.15, 0.2) is 0 Å². The van der Waals surface area contributed by atoms with Gasteiger partial charge in [-0.25, -0.2) is 4.39 Å². The van der Waals surface area contributed by atoms with Crippen LogP contribution >= 0.6 is 15.9 Å². The van der Waals surface area contributed by atoms with Crippen LogP contribution in [0, 0.1) is 5.82 Å². The highest BCUT2D eigenvalue weighted by atomic mass is 79.9. The molecule has 2 rings (SSSR count). The standard InChI is InChI=1S/C15H22BrFN2/c1-3-12(2)19-8-6-18(7-9-19)11-13-4-5-14(17)10-15(13)16/h4-5,10,12H,3,6-9,11H2,1-2H3. The van der Waals surface area contributed by atoms with Crippen molar-refractivity contribution < 1.29 is 4.39 Å². The molecule has 1 aromatic rings.